The van der Waals surface area contributed by atoms with Crippen molar-refractivity contribution >= 4 is 32.9 Å². The second-order valence-electron chi connectivity index (χ2n) is 6.97. The zero-order chi connectivity index (χ0) is 21.2. The molecule has 0 radical (unpaired) electrons. The highest BCUT2D eigenvalue weighted by molar-refractivity contribution is 7.90. The van der Waals surface area contributed by atoms with Gasteiger partial charge in [0, 0.05) is 23.7 Å². The van der Waals surface area contributed by atoms with Crippen molar-refractivity contribution in [3.05, 3.63) is 71.4 Å². The molecule has 0 aliphatic rings. The van der Waals surface area contributed by atoms with E-state index in [1.807, 2.05) is 50.2 Å². The number of carbonyl (C=O) groups excluding carboxylic acids is 1. The van der Waals surface area contributed by atoms with Gasteiger partial charge in [-0.15, -0.1) is 0 Å². The highest BCUT2D eigenvalue weighted by atomic mass is 32.2. The summed E-state index contributed by atoms with van der Waals surface area (Å²) in [5.74, 6) is -0.662. The lowest BCUT2D eigenvalue weighted by atomic mass is 10.1. The second-order valence-corrected chi connectivity index (χ2v) is 8.75. The summed E-state index contributed by atoms with van der Waals surface area (Å²) in [6.07, 6.45) is 2.63. The zero-order valence-corrected chi connectivity index (χ0v) is 17.3. The first-order valence-electron chi connectivity index (χ1n) is 8.97. The Labute approximate surface area is 169 Å². The van der Waals surface area contributed by atoms with Crippen LogP contribution < -0.4 is 5.48 Å². The molecule has 0 bridgehead atoms. The molecule has 0 saturated heterocycles. The molecular formula is C21H23N3O4S. The lowest BCUT2D eigenvalue weighted by Crippen LogP contribution is -2.16. The van der Waals surface area contributed by atoms with Crippen molar-refractivity contribution in [2.75, 3.05) is 14.1 Å². The van der Waals surface area contributed by atoms with Gasteiger partial charge in [-0.3, -0.25) is 10.0 Å². The maximum absolute atomic E-state index is 13.4. The molecule has 7 nitrogen and oxygen atoms in total. The lowest BCUT2D eigenvalue weighted by Gasteiger charge is -2.12. The Morgan fingerprint density at radius 1 is 1.14 bits per heavy atom. The molecule has 3 aromatic rings. The van der Waals surface area contributed by atoms with Gasteiger partial charge in [-0.1, -0.05) is 30.3 Å². The highest BCUT2D eigenvalue weighted by Gasteiger charge is 2.24. The predicted octanol–water partition coefficient (Wildman–Crippen LogP) is 2.77. The Morgan fingerprint density at radius 3 is 2.41 bits per heavy atom. The fourth-order valence-electron chi connectivity index (χ4n) is 3.30. The van der Waals surface area contributed by atoms with E-state index in [1.165, 1.54) is 27.7 Å². The number of carbonyl (C=O) groups is 1. The van der Waals surface area contributed by atoms with Gasteiger partial charge in [0.25, 0.3) is 15.9 Å². The molecule has 1 heterocycles. The summed E-state index contributed by atoms with van der Waals surface area (Å²) in [4.78, 5) is 13.2. The van der Waals surface area contributed by atoms with Crippen molar-refractivity contribution in [1.29, 1.82) is 0 Å². The Balaban J connectivity index is 2.08. The fourth-order valence-corrected chi connectivity index (χ4v) is 4.87. The molecule has 0 saturated carbocycles. The average molecular weight is 413 g/mol. The van der Waals surface area contributed by atoms with Gasteiger partial charge in [-0.2, -0.15) is 0 Å². The van der Waals surface area contributed by atoms with E-state index in [9.17, 15) is 13.2 Å². The van der Waals surface area contributed by atoms with Crippen LogP contribution in [0.2, 0.25) is 0 Å². The van der Waals surface area contributed by atoms with Gasteiger partial charge >= 0.3 is 0 Å². The number of hydrogen-bond donors (Lipinski definition) is 2. The van der Waals surface area contributed by atoms with Crippen LogP contribution in [0.3, 0.4) is 0 Å². The molecule has 2 aromatic carbocycles. The Morgan fingerprint density at radius 2 is 1.79 bits per heavy atom. The van der Waals surface area contributed by atoms with Crippen molar-refractivity contribution in [3.63, 3.8) is 0 Å². The maximum Gasteiger partial charge on any atom is 0.268 e. The van der Waals surface area contributed by atoms with Crippen LogP contribution >= 0.6 is 0 Å². The molecular weight excluding hydrogens is 390 g/mol. The van der Waals surface area contributed by atoms with Crippen molar-refractivity contribution in [3.8, 4) is 0 Å². The van der Waals surface area contributed by atoms with Crippen LogP contribution in [-0.4, -0.2) is 42.5 Å². The molecule has 1 amide bonds. The number of para-hydroxylation sites is 1. The van der Waals surface area contributed by atoms with Crippen LogP contribution in [0.15, 0.2) is 59.5 Å². The van der Waals surface area contributed by atoms with Gasteiger partial charge in [-0.25, -0.2) is 17.9 Å². The first kappa shape index (κ1) is 20.8. The number of amides is 1. The van der Waals surface area contributed by atoms with E-state index in [1.54, 1.807) is 12.1 Å². The summed E-state index contributed by atoms with van der Waals surface area (Å²) in [7, 11) is 0.0864. The molecule has 2 N–H and O–H groups in total. The zero-order valence-electron chi connectivity index (χ0n) is 16.5. The number of rotatable bonds is 6. The molecule has 1 aromatic heterocycles. The molecule has 29 heavy (non-hydrogen) atoms. The van der Waals surface area contributed by atoms with Gasteiger partial charge in [0.15, 0.2) is 0 Å². The van der Waals surface area contributed by atoms with E-state index in [4.69, 9.17) is 5.21 Å². The number of aromatic nitrogens is 1. The number of nitrogens with one attached hydrogen (secondary N) is 1. The molecule has 0 unspecified atom stereocenters. The predicted molar refractivity (Wildman–Crippen MR) is 112 cm³/mol. The minimum atomic E-state index is -3.81. The van der Waals surface area contributed by atoms with Crippen LogP contribution in [0, 0.1) is 6.92 Å². The van der Waals surface area contributed by atoms with Crippen LogP contribution in [0.5, 0.6) is 0 Å². The number of fused-ring (bicyclic) bond motifs is 1. The molecule has 0 aliphatic carbocycles. The summed E-state index contributed by atoms with van der Waals surface area (Å²) in [5, 5.41) is 9.44. The third-order valence-corrected chi connectivity index (χ3v) is 6.44. The minimum absolute atomic E-state index is 0.154. The normalized spacial score (nSPS) is 12.2. The quantitative estimate of drug-likeness (QED) is 0.368. The van der Waals surface area contributed by atoms with Gasteiger partial charge < -0.3 is 4.90 Å². The van der Waals surface area contributed by atoms with Crippen LogP contribution in [0.4, 0.5) is 0 Å². The third kappa shape index (κ3) is 4.09. The lowest BCUT2D eigenvalue weighted by molar-refractivity contribution is -0.124. The Hall–Kier alpha value is -2.94. The summed E-state index contributed by atoms with van der Waals surface area (Å²) in [6, 6.07) is 13.7. The SMILES string of the molecule is Cc1c(CN(C)C)c2ccccc2n1S(=O)(=O)c1ccc(C=CC(=O)NO)cc1. The first-order chi connectivity index (χ1) is 13.8. The van der Waals surface area contributed by atoms with Crippen molar-refractivity contribution in [2.45, 2.75) is 18.4 Å². The van der Waals surface area contributed by atoms with Crippen LogP contribution in [0.1, 0.15) is 16.8 Å². The van der Waals surface area contributed by atoms with E-state index in [0.717, 1.165) is 17.0 Å². The van der Waals surface area contributed by atoms with E-state index < -0.39 is 15.9 Å². The van der Waals surface area contributed by atoms with E-state index in [0.29, 0.717) is 23.3 Å². The summed E-state index contributed by atoms with van der Waals surface area (Å²) >= 11 is 0. The maximum atomic E-state index is 13.4. The van der Waals surface area contributed by atoms with E-state index in [2.05, 4.69) is 0 Å². The second kappa shape index (κ2) is 8.20. The molecule has 0 atom stereocenters. The monoisotopic (exact) mass is 413 g/mol. The van der Waals surface area contributed by atoms with Crippen LogP contribution in [0.25, 0.3) is 17.0 Å². The summed E-state index contributed by atoms with van der Waals surface area (Å²) in [5.41, 5.74) is 4.44. The third-order valence-electron chi connectivity index (χ3n) is 4.62. The largest absolute Gasteiger partial charge is 0.305 e. The van der Waals surface area contributed by atoms with E-state index >= 15 is 0 Å². The van der Waals surface area contributed by atoms with Crippen LogP contribution in [-0.2, 0) is 21.4 Å². The fraction of sp³-hybridized carbons (Fsp3) is 0.190. The number of nitrogens with zero attached hydrogens (tertiary/aromatic N) is 2. The minimum Gasteiger partial charge on any atom is -0.305 e. The Kier molecular flexibility index (Phi) is 5.88. The number of hydroxylamine groups is 1. The van der Waals surface area contributed by atoms with Gasteiger partial charge in [0.05, 0.1) is 10.4 Å². The van der Waals surface area contributed by atoms with Crippen molar-refractivity contribution in [1.82, 2.24) is 14.4 Å². The summed E-state index contributed by atoms with van der Waals surface area (Å²) < 4.78 is 28.2. The molecule has 152 valence electrons. The van der Waals surface area contributed by atoms with Gasteiger partial charge in [0.1, 0.15) is 0 Å². The molecule has 0 fully saturated rings. The topological polar surface area (TPSA) is 91.6 Å². The molecule has 8 heteroatoms. The average Bonchev–Trinajstić information content (AvgIpc) is 2.98. The number of hydrogen-bond acceptors (Lipinski definition) is 5. The first-order valence-corrected chi connectivity index (χ1v) is 10.4. The molecule has 0 aliphatic heterocycles. The number of benzene rings is 2. The van der Waals surface area contributed by atoms with E-state index in [-0.39, 0.29) is 4.90 Å². The summed E-state index contributed by atoms with van der Waals surface area (Å²) in [6.45, 7) is 2.45. The van der Waals surface area contributed by atoms with Crippen molar-refractivity contribution < 1.29 is 18.4 Å². The van der Waals surface area contributed by atoms with Crippen molar-refractivity contribution in [2.24, 2.45) is 0 Å². The standard InChI is InChI=1S/C21H23N3O4S/c1-15-19(14-23(2)3)18-6-4-5-7-20(18)24(15)29(27,28)17-11-8-16(9-12-17)10-13-21(25)22-26/h4-13,26H,14H2,1-3H3,(H,22,25). The van der Waals surface area contributed by atoms with Gasteiger partial charge in [-0.05, 0) is 56.4 Å². The van der Waals surface area contributed by atoms with Gasteiger partial charge in [0.2, 0.25) is 0 Å². The molecule has 0 spiro atoms. The smallest absolute Gasteiger partial charge is 0.268 e. The molecule has 3 rings (SSSR count). The Bertz CT molecular complexity index is 1180. The highest BCUT2D eigenvalue weighted by Crippen LogP contribution is 2.30.